The monoisotopic (exact) mass is 397 g/mol. The summed E-state index contributed by atoms with van der Waals surface area (Å²) in [5.74, 6) is -1.34. The maximum Gasteiger partial charge on any atom is 0.275 e. The van der Waals surface area contributed by atoms with Gasteiger partial charge in [-0.1, -0.05) is 28.1 Å². The normalized spacial score (nSPS) is 13.4. The Kier molecular flexibility index (Phi) is 6.45. The summed E-state index contributed by atoms with van der Waals surface area (Å²) >= 11 is 3.37. The summed E-state index contributed by atoms with van der Waals surface area (Å²) < 4.78 is 27.6. The first-order valence-corrected chi connectivity index (χ1v) is 8.49. The third kappa shape index (κ3) is 5.11. The van der Waals surface area contributed by atoms with Gasteiger partial charge in [-0.05, 0) is 43.7 Å². The maximum atomic E-state index is 13.7. The molecule has 3 nitrogen and oxygen atoms in total. The Morgan fingerprint density at radius 1 is 1.17 bits per heavy atom. The number of carbonyl (C=O) groups is 1. The molecule has 128 valence electrons. The summed E-state index contributed by atoms with van der Waals surface area (Å²) in [6, 6.07) is 10.8. The Hall–Kier alpha value is -1.79. The third-order valence-electron chi connectivity index (χ3n) is 3.86. The van der Waals surface area contributed by atoms with Gasteiger partial charge >= 0.3 is 0 Å². The van der Waals surface area contributed by atoms with Gasteiger partial charge in [0.25, 0.3) is 5.91 Å². The first-order valence-electron chi connectivity index (χ1n) is 7.70. The lowest BCUT2D eigenvalue weighted by Gasteiger charge is -2.16. The van der Waals surface area contributed by atoms with E-state index in [-0.39, 0.29) is 24.5 Å². The van der Waals surface area contributed by atoms with Crippen LogP contribution in [-0.4, -0.2) is 12.5 Å². The summed E-state index contributed by atoms with van der Waals surface area (Å²) in [6.45, 7) is 3.85. The average molecular weight is 398 g/mol. The Morgan fingerprint density at radius 2 is 1.83 bits per heavy atom. The van der Waals surface area contributed by atoms with Crippen molar-refractivity contribution in [3.05, 3.63) is 69.7 Å². The minimum atomic E-state index is -0.607. The van der Waals surface area contributed by atoms with Gasteiger partial charge in [-0.3, -0.25) is 4.79 Å². The summed E-state index contributed by atoms with van der Waals surface area (Å²) in [5.41, 5.74) is 1.38. The van der Waals surface area contributed by atoms with Crippen molar-refractivity contribution < 1.29 is 18.9 Å². The van der Waals surface area contributed by atoms with Crippen LogP contribution in [0.15, 0.2) is 46.9 Å². The molecule has 0 saturated heterocycles. The van der Waals surface area contributed by atoms with Crippen molar-refractivity contribution in [3.8, 4) is 0 Å². The Labute approximate surface area is 148 Å². The number of nitrogens with one attached hydrogen (secondary N) is 1. The molecule has 2 aromatic rings. The van der Waals surface area contributed by atoms with Gasteiger partial charge in [-0.15, -0.1) is 0 Å². The third-order valence-corrected chi connectivity index (χ3v) is 4.39. The van der Waals surface area contributed by atoms with E-state index in [9.17, 15) is 13.6 Å². The molecule has 0 saturated carbocycles. The molecule has 0 fully saturated rings. The van der Waals surface area contributed by atoms with Crippen LogP contribution in [0.4, 0.5) is 8.78 Å². The number of hydrogen-bond donors (Lipinski definition) is 2. The van der Waals surface area contributed by atoms with Crippen molar-refractivity contribution in [2.24, 2.45) is 0 Å². The Bertz CT molecular complexity index is 707. The van der Waals surface area contributed by atoms with Crippen molar-refractivity contribution in [1.82, 2.24) is 5.32 Å². The van der Waals surface area contributed by atoms with E-state index in [0.717, 1.165) is 16.1 Å². The smallest absolute Gasteiger partial charge is 0.275 e. The lowest BCUT2D eigenvalue weighted by Crippen LogP contribution is -2.87. The molecule has 6 heteroatoms. The lowest BCUT2D eigenvalue weighted by molar-refractivity contribution is -0.682. The number of halogens is 3. The molecule has 0 unspecified atom stereocenters. The number of amides is 1. The highest BCUT2D eigenvalue weighted by atomic mass is 79.9. The van der Waals surface area contributed by atoms with Crippen LogP contribution in [0.5, 0.6) is 0 Å². The molecule has 0 aliphatic rings. The fourth-order valence-corrected chi connectivity index (χ4v) is 2.68. The average Bonchev–Trinajstić information content (AvgIpc) is 2.53. The van der Waals surface area contributed by atoms with Gasteiger partial charge in [0.1, 0.15) is 17.7 Å². The molecule has 0 spiro atoms. The van der Waals surface area contributed by atoms with Crippen LogP contribution in [0, 0.1) is 11.6 Å². The number of carbonyl (C=O) groups excluding carboxylic acids is 1. The summed E-state index contributed by atoms with van der Waals surface area (Å²) in [4.78, 5) is 12.1. The van der Waals surface area contributed by atoms with E-state index in [1.54, 1.807) is 12.2 Å². The van der Waals surface area contributed by atoms with Gasteiger partial charge in [-0.2, -0.15) is 0 Å². The highest BCUT2D eigenvalue weighted by molar-refractivity contribution is 9.10. The zero-order valence-electron chi connectivity index (χ0n) is 13.5. The first kappa shape index (κ1) is 18.5. The van der Waals surface area contributed by atoms with Crippen LogP contribution in [0.1, 0.15) is 37.1 Å². The quantitative estimate of drug-likeness (QED) is 0.771. The minimum Gasteiger partial charge on any atom is -0.345 e. The fraction of sp³-hybridized carbons (Fsp3) is 0.278. The zero-order valence-corrected chi connectivity index (χ0v) is 15.1. The summed E-state index contributed by atoms with van der Waals surface area (Å²) in [6.07, 6.45) is 0. The van der Waals surface area contributed by atoms with Crippen molar-refractivity contribution in [3.63, 3.8) is 0 Å². The molecule has 2 aromatic carbocycles. The van der Waals surface area contributed by atoms with E-state index in [1.807, 2.05) is 31.2 Å². The van der Waals surface area contributed by atoms with Gasteiger partial charge in [0.15, 0.2) is 6.54 Å². The molecule has 0 aliphatic carbocycles. The predicted molar refractivity (Wildman–Crippen MR) is 92.3 cm³/mol. The van der Waals surface area contributed by atoms with E-state index in [4.69, 9.17) is 0 Å². The summed E-state index contributed by atoms with van der Waals surface area (Å²) in [7, 11) is 0. The molecule has 0 aromatic heterocycles. The highest BCUT2D eigenvalue weighted by Crippen LogP contribution is 2.16. The van der Waals surface area contributed by atoms with Crippen LogP contribution >= 0.6 is 15.9 Å². The van der Waals surface area contributed by atoms with Crippen LogP contribution in [-0.2, 0) is 4.79 Å². The largest absolute Gasteiger partial charge is 0.345 e. The van der Waals surface area contributed by atoms with E-state index >= 15 is 0 Å². The van der Waals surface area contributed by atoms with Crippen LogP contribution < -0.4 is 10.6 Å². The van der Waals surface area contributed by atoms with Crippen molar-refractivity contribution in [2.75, 3.05) is 6.54 Å². The molecule has 0 radical (unpaired) electrons. The zero-order chi connectivity index (χ0) is 17.7. The summed E-state index contributed by atoms with van der Waals surface area (Å²) in [5, 5.41) is 4.63. The second kappa shape index (κ2) is 8.35. The predicted octanol–water partition coefficient (Wildman–Crippen LogP) is 3.23. The molecule has 1 amide bonds. The lowest BCUT2D eigenvalue weighted by atomic mass is 10.1. The molecule has 2 atom stereocenters. The first-order chi connectivity index (χ1) is 11.4. The maximum absolute atomic E-state index is 13.7. The molecule has 2 rings (SSSR count). The minimum absolute atomic E-state index is 0.114. The topological polar surface area (TPSA) is 45.7 Å². The van der Waals surface area contributed by atoms with Gasteiger partial charge in [0.2, 0.25) is 0 Å². The molecule has 3 N–H and O–H groups in total. The molecule has 24 heavy (non-hydrogen) atoms. The fourth-order valence-electron chi connectivity index (χ4n) is 2.42. The van der Waals surface area contributed by atoms with E-state index < -0.39 is 11.6 Å². The standard InChI is InChI=1S/C18H19BrF2N2O/c1-11(13-3-5-14(19)6-4-13)23-18(24)10-22-12(2)16-8-7-15(20)9-17(16)21/h3-9,11-12,22H,10H2,1-2H3,(H,23,24)/p+1/t11-,12+/m1/s1. The molecule has 0 bridgehead atoms. The van der Waals surface area contributed by atoms with Crippen molar-refractivity contribution >= 4 is 21.8 Å². The van der Waals surface area contributed by atoms with Gasteiger partial charge in [0.05, 0.1) is 6.04 Å². The van der Waals surface area contributed by atoms with E-state index in [2.05, 4.69) is 21.2 Å². The molecular weight excluding hydrogens is 378 g/mol. The molecule has 0 heterocycles. The van der Waals surface area contributed by atoms with Gasteiger partial charge < -0.3 is 10.6 Å². The van der Waals surface area contributed by atoms with Gasteiger partial charge in [-0.25, -0.2) is 8.78 Å². The molecular formula is C18H20BrF2N2O+. The second-order valence-electron chi connectivity index (χ2n) is 5.74. The SMILES string of the molecule is C[C@H]([NH2+]CC(=O)N[C@H](C)c1ccc(Br)cc1)c1ccc(F)cc1F. The second-order valence-corrected chi connectivity index (χ2v) is 6.65. The Balaban J connectivity index is 1.87. The number of quaternary nitrogens is 1. The number of rotatable bonds is 6. The number of nitrogens with two attached hydrogens (primary N) is 1. The van der Waals surface area contributed by atoms with Crippen molar-refractivity contribution in [1.29, 1.82) is 0 Å². The number of hydrogen-bond acceptors (Lipinski definition) is 1. The molecule has 0 aliphatic heterocycles. The van der Waals surface area contributed by atoms with Crippen LogP contribution in [0.25, 0.3) is 0 Å². The van der Waals surface area contributed by atoms with E-state index in [1.165, 1.54) is 12.1 Å². The highest BCUT2D eigenvalue weighted by Gasteiger charge is 2.17. The van der Waals surface area contributed by atoms with Crippen LogP contribution in [0.3, 0.4) is 0 Å². The van der Waals surface area contributed by atoms with Crippen LogP contribution in [0.2, 0.25) is 0 Å². The van der Waals surface area contributed by atoms with E-state index in [0.29, 0.717) is 5.56 Å². The van der Waals surface area contributed by atoms with Crippen molar-refractivity contribution in [2.45, 2.75) is 25.9 Å². The number of benzene rings is 2. The van der Waals surface area contributed by atoms with Gasteiger partial charge in [0, 0.05) is 16.1 Å². The Morgan fingerprint density at radius 3 is 2.46 bits per heavy atom.